The lowest BCUT2D eigenvalue weighted by Gasteiger charge is -2.21. The van der Waals surface area contributed by atoms with E-state index in [4.69, 9.17) is 0 Å². The second-order valence-electron chi connectivity index (χ2n) is 3.75. The zero-order valence-corrected chi connectivity index (χ0v) is 6.92. The maximum Gasteiger partial charge on any atom is 0.181 e. The first-order chi connectivity index (χ1) is 5.86. The van der Waals surface area contributed by atoms with Gasteiger partial charge in [0, 0.05) is 18.2 Å². The average Bonchev–Trinajstić information content (AvgIpc) is 2.60. The summed E-state index contributed by atoms with van der Waals surface area (Å²) in [4.78, 5) is 11.5. The molecule has 1 atom stereocenters. The molecule has 0 spiro atoms. The van der Waals surface area contributed by atoms with Crippen LogP contribution in [0.4, 0.5) is 0 Å². The normalized spacial score (nSPS) is 26.0. The number of hydrogen-bond acceptors (Lipinski definition) is 1. The van der Waals surface area contributed by atoms with Gasteiger partial charge in [0.15, 0.2) is 5.78 Å². The van der Waals surface area contributed by atoms with Crippen molar-refractivity contribution in [1.29, 1.82) is 0 Å². The number of carbonyl (C=O) groups excluding carboxylic acids is 1. The third-order valence-electron chi connectivity index (χ3n) is 3.04. The highest BCUT2D eigenvalue weighted by atomic mass is 16.1. The summed E-state index contributed by atoms with van der Waals surface area (Å²) in [6, 6.07) is 4.60. The number of ketones is 1. The van der Waals surface area contributed by atoms with E-state index in [1.54, 1.807) is 0 Å². The second kappa shape index (κ2) is 2.00. The van der Waals surface area contributed by atoms with Gasteiger partial charge in [0.2, 0.25) is 0 Å². The van der Waals surface area contributed by atoms with Crippen molar-refractivity contribution in [2.45, 2.75) is 31.7 Å². The Morgan fingerprint density at radius 1 is 1.42 bits per heavy atom. The van der Waals surface area contributed by atoms with Crippen molar-refractivity contribution >= 4 is 5.78 Å². The molecule has 0 saturated carbocycles. The summed E-state index contributed by atoms with van der Waals surface area (Å²) in [5, 5.41) is 0. The van der Waals surface area contributed by atoms with Gasteiger partial charge in [0.05, 0.1) is 5.69 Å². The first kappa shape index (κ1) is 6.46. The van der Waals surface area contributed by atoms with Crippen molar-refractivity contribution in [3.63, 3.8) is 0 Å². The molecule has 2 heteroatoms. The number of nitrogens with zero attached hydrogens (tertiary/aromatic N) is 1. The van der Waals surface area contributed by atoms with E-state index in [1.807, 2.05) is 6.07 Å². The molecule has 3 heterocycles. The van der Waals surface area contributed by atoms with Crippen LogP contribution < -0.4 is 0 Å². The molecule has 62 valence electrons. The van der Waals surface area contributed by atoms with Crippen molar-refractivity contribution in [1.82, 2.24) is 4.57 Å². The van der Waals surface area contributed by atoms with Gasteiger partial charge in [-0.25, -0.2) is 0 Å². The molecular formula is C10H11NO. The molecule has 0 radical (unpaired) electrons. The van der Waals surface area contributed by atoms with E-state index in [-0.39, 0.29) is 0 Å². The molecular weight excluding hydrogens is 150 g/mol. The molecule has 0 fully saturated rings. The van der Waals surface area contributed by atoms with Gasteiger partial charge < -0.3 is 4.57 Å². The van der Waals surface area contributed by atoms with E-state index in [1.165, 1.54) is 18.5 Å². The molecule has 12 heavy (non-hydrogen) atoms. The smallest absolute Gasteiger partial charge is 0.181 e. The minimum atomic E-state index is 0.341. The van der Waals surface area contributed by atoms with Crippen molar-refractivity contribution in [2.75, 3.05) is 0 Å². The maximum absolute atomic E-state index is 11.5. The number of aryl methyl sites for hydroxylation is 1. The molecule has 1 aromatic rings. The first-order valence-corrected chi connectivity index (χ1v) is 4.59. The van der Waals surface area contributed by atoms with E-state index in [9.17, 15) is 4.79 Å². The summed E-state index contributed by atoms with van der Waals surface area (Å²) in [6.45, 7) is 0. The maximum atomic E-state index is 11.5. The van der Waals surface area contributed by atoms with Gasteiger partial charge in [0.1, 0.15) is 0 Å². The Morgan fingerprint density at radius 3 is 3.25 bits per heavy atom. The second-order valence-corrected chi connectivity index (χ2v) is 3.75. The Kier molecular flexibility index (Phi) is 1.08. The van der Waals surface area contributed by atoms with Crippen LogP contribution in [0.25, 0.3) is 0 Å². The van der Waals surface area contributed by atoms with Gasteiger partial charge >= 0.3 is 0 Å². The van der Waals surface area contributed by atoms with Gasteiger partial charge in [-0.05, 0) is 31.4 Å². The summed E-state index contributed by atoms with van der Waals surface area (Å²) < 4.78 is 2.26. The van der Waals surface area contributed by atoms with Crippen LogP contribution in [-0.2, 0) is 6.42 Å². The van der Waals surface area contributed by atoms with Gasteiger partial charge in [-0.2, -0.15) is 0 Å². The van der Waals surface area contributed by atoms with E-state index in [0.29, 0.717) is 11.8 Å². The Hall–Kier alpha value is -1.05. The molecule has 0 aliphatic carbocycles. The molecule has 3 rings (SSSR count). The third kappa shape index (κ3) is 0.631. The highest BCUT2D eigenvalue weighted by Gasteiger charge is 2.32. The largest absolute Gasteiger partial charge is 0.339 e. The van der Waals surface area contributed by atoms with Gasteiger partial charge in [0.25, 0.3) is 0 Å². The lowest BCUT2D eigenvalue weighted by atomic mass is 10.0. The predicted octanol–water partition coefficient (Wildman–Crippen LogP) is 1.95. The minimum absolute atomic E-state index is 0.341. The third-order valence-corrected chi connectivity index (χ3v) is 3.04. The van der Waals surface area contributed by atoms with Crippen molar-refractivity contribution in [2.24, 2.45) is 0 Å². The zero-order valence-electron chi connectivity index (χ0n) is 6.92. The molecule has 2 nitrogen and oxygen atoms in total. The van der Waals surface area contributed by atoms with Crippen LogP contribution in [0.3, 0.4) is 0 Å². The topological polar surface area (TPSA) is 22.0 Å². The van der Waals surface area contributed by atoms with Crippen molar-refractivity contribution < 1.29 is 4.79 Å². The molecule has 0 bridgehead atoms. The highest BCUT2D eigenvalue weighted by molar-refractivity contribution is 5.97. The van der Waals surface area contributed by atoms with Crippen LogP contribution >= 0.6 is 0 Å². The lowest BCUT2D eigenvalue weighted by Crippen LogP contribution is -2.13. The quantitative estimate of drug-likeness (QED) is 0.570. The molecule has 2 aliphatic rings. The minimum Gasteiger partial charge on any atom is -0.339 e. The SMILES string of the molecule is O=C1C[C@H]2CCCc3ccc1n32. The summed E-state index contributed by atoms with van der Waals surface area (Å²) in [5.41, 5.74) is 2.32. The van der Waals surface area contributed by atoms with Crippen LogP contribution in [0.5, 0.6) is 0 Å². The summed E-state index contributed by atoms with van der Waals surface area (Å²) in [7, 11) is 0. The van der Waals surface area contributed by atoms with Crippen molar-refractivity contribution in [3.05, 3.63) is 23.5 Å². The molecule has 0 saturated heterocycles. The Bertz CT molecular complexity index is 351. The van der Waals surface area contributed by atoms with E-state index in [0.717, 1.165) is 18.5 Å². The van der Waals surface area contributed by atoms with Gasteiger partial charge in [-0.15, -0.1) is 0 Å². The van der Waals surface area contributed by atoms with Crippen LogP contribution in [0.15, 0.2) is 12.1 Å². The number of carbonyl (C=O) groups is 1. The number of hydrogen-bond donors (Lipinski definition) is 0. The number of aromatic nitrogens is 1. The summed E-state index contributed by atoms with van der Waals surface area (Å²) in [5.74, 6) is 0.341. The molecule has 0 unspecified atom stereocenters. The molecule has 0 aromatic carbocycles. The Labute approximate surface area is 71.2 Å². The molecule has 0 N–H and O–H groups in total. The molecule has 0 amide bonds. The number of Topliss-reactive ketones (excluding diaryl/α,β-unsaturated/α-hetero) is 1. The predicted molar refractivity (Wildman–Crippen MR) is 45.4 cm³/mol. The fourth-order valence-corrected chi connectivity index (χ4v) is 2.51. The van der Waals surface area contributed by atoms with Gasteiger partial charge in [-0.1, -0.05) is 0 Å². The van der Waals surface area contributed by atoms with Crippen LogP contribution in [0, 0.1) is 0 Å². The monoisotopic (exact) mass is 161 g/mol. The molecule has 2 aliphatic heterocycles. The highest BCUT2D eigenvalue weighted by Crippen LogP contribution is 2.36. The standard InChI is InChI=1S/C10H11NO/c12-10-6-8-3-1-2-7-4-5-9(10)11(7)8/h4-5,8H,1-3,6H2/t8-/m1/s1. The zero-order chi connectivity index (χ0) is 8.13. The summed E-state index contributed by atoms with van der Waals surface area (Å²) >= 11 is 0. The average molecular weight is 161 g/mol. The summed E-state index contributed by atoms with van der Waals surface area (Å²) in [6.07, 6.45) is 4.36. The van der Waals surface area contributed by atoms with Crippen molar-refractivity contribution in [3.8, 4) is 0 Å². The van der Waals surface area contributed by atoms with Crippen LogP contribution in [0.1, 0.15) is 41.5 Å². The number of rotatable bonds is 0. The lowest BCUT2D eigenvalue weighted by molar-refractivity contribution is 0.0987. The van der Waals surface area contributed by atoms with Crippen LogP contribution in [0.2, 0.25) is 0 Å². The Morgan fingerprint density at radius 2 is 2.33 bits per heavy atom. The van der Waals surface area contributed by atoms with Gasteiger partial charge in [-0.3, -0.25) is 4.79 Å². The van der Waals surface area contributed by atoms with E-state index < -0.39 is 0 Å². The molecule has 1 aromatic heterocycles. The van der Waals surface area contributed by atoms with Crippen LogP contribution in [-0.4, -0.2) is 10.4 Å². The van der Waals surface area contributed by atoms with E-state index >= 15 is 0 Å². The fraction of sp³-hybridized carbons (Fsp3) is 0.500. The Balaban J connectivity index is 2.25. The van der Waals surface area contributed by atoms with E-state index in [2.05, 4.69) is 10.6 Å². The fourth-order valence-electron chi connectivity index (χ4n) is 2.51. The first-order valence-electron chi connectivity index (χ1n) is 4.59.